The number of fused-ring (bicyclic) bond motifs is 1. The van der Waals surface area contributed by atoms with Gasteiger partial charge in [0.05, 0.1) is 24.5 Å². The zero-order valence-corrected chi connectivity index (χ0v) is 13.8. The largest absolute Gasteiger partial charge is 0.394 e. The zero-order valence-electron chi connectivity index (χ0n) is 13.8. The summed E-state index contributed by atoms with van der Waals surface area (Å²) in [5.74, 6) is 0.281. The van der Waals surface area contributed by atoms with Crippen molar-refractivity contribution in [3.05, 3.63) is 82.8 Å². The molecule has 0 saturated heterocycles. The van der Waals surface area contributed by atoms with Gasteiger partial charge < -0.3 is 10.4 Å². The third kappa shape index (κ3) is 2.96. The van der Waals surface area contributed by atoms with E-state index < -0.39 is 0 Å². The highest BCUT2D eigenvalue weighted by atomic mass is 16.3. The summed E-state index contributed by atoms with van der Waals surface area (Å²) >= 11 is 0. The SMILES string of the molecule is O=c1[nH]c(NC(CO)c2ccccc2)nc2c1cnn2-c1ccccc1. The van der Waals surface area contributed by atoms with Gasteiger partial charge in [-0.1, -0.05) is 48.5 Å². The number of aromatic nitrogens is 4. The maximum absolute atomic E-state index is 12.4. The minimum atomic E-state index is -0.384. The molecule has 0 fully saturated rings. The smallest absolute Gasteiger partial charge is 0.263 e. The lowest BCUT2D eigenvalue weighted by atomic mass is 10.1. The maximum atomic E-state index is 12.4. The van der Waals surface area contributed by atoms with E-state index in [9.17, 15) is 9.90 Å². The van der Waals surface area contributed by atoms with Gasteiger partial charge in [0.2, 0.25) is 5.95 Å². The van der Waals surface area contributed by atoms with E-state index in [2.05, 4.69) is 20.4 Å². The molecule has 0 aliphatic heterocycles. The highest BCUT2D eigenvalue weighted by molar-refractivity contribution is 5.76. The van der Waals surface area contributed by atoms with E-state index in [1.54, 1.807) is 4.68 Å². The molecule has 2 heterocycles. The van der Waals surface area contributed by atoms with Crippen LogP contribution < -0.4 is 10.9 Å². The van der Waals surface area contributed by atoms with Crippen LogP contribution in [0.2, 0.25) is 0 Å². The summed E-state index contributed by atoms with van der Waals surface area (Å²) < 4.78 is 1.62. The molecule has 130 valence electrons. The first-order chi connectivity index (χ1) is 12.8. The second kappa shape index (κ2) is 6.81. The van der Waals surface area contributed by atoms with Gasteiger partial charge in [-0.2, -0.15) is 10.1 Å². The van der Waals surface area contributed by atoms with E-state index in [1.165, 1.54) is 6.20 Å². The van der Waals surface area contributed by atoms with Crippen molar-refractivity contribution in [2.24, 2.45) is 0 Å². The van der Waals surface area contributed by atoms with Crippen LogP contribution in [-0.2, 0) is 0 Å². The van der Waals surface area contributed by atoms with Gasteiger partial charge in [-0.05, 0) is 17.7 Å². The Morgan fingerprint density at radius 1 is 1.08 bits per heavy atom. The maximum Gasteiger partial charge on any atom is 0.263 e. The van der Waals surface area contributed by atoms with E-state index in [4.69, 9.17) is 0 Å². The molecular weight excluding hydrogens is 330 g/mol. The number of anilines is 1. The van der Waals surface area contributed by atoms with Crippen molar-refractivity contribution < 1.29 is 5.11 Å². The quantitative estimate of drug-likeness (QED) is 0.515. The van der Waals surface area contributed by atoms with E-state index in [0.29, 0.717) is 11.0 Å². The molecule has 0 spiro atoms. The molecule has 7 heteroatoms. The number of aromatic amines is 1. The Morgan fingerprint density at radius 2 is 1.77 bits per heavy atom. The van der Waals surface area contributed by atoms with Crippen molar-refractivity contribution >= 4 is 17.0 Å². The molecule has 26 heavy (non-hydrogen) atoms. The molecule has 1 unspecified atom stereocenters. The lowest BCUT2D eigenvalue weighted by molar-refractivity contribution is 0.276. The molecule has 0 bridgehead atoms. The van der Waals surface area contributed by atoms with Gasteiger partial charge in [-0.3, -0.25) is 9.78 Å². The number of nitrogens with one attached hydrogen (secondary N) is 2. The first-order valence-electron chi connectivity index (χ1n) is 8.22. The minimum absolute atomic E-state index is 0.135. The van der Waals surface area contributed by atoms with Gasteiger partial charge >= 0.3 is 0 Å². The number of rotatable bonds is 5. The molecule has 1 atom stereocenters. The number of aliphatic hydroxyl groups excluding tert-OH is 1. The second-order valence-electron chi connectivity index (χ2n) is 5.83. The summed E-state index contributed by atoms with van der Waals surface area (Å²) in [5, 5.41) is 17.5. The first-order valence-corrected chi connectivity index (χ1v) is 8.22. The standard InChI is InChI=1S/C19H17N5O2/c25-12-16(13-7-3-1-4-8-13)21-19-22-17-15(18(26)23-19)11-20-24(17)14-9-5-2-6-10-14/h1-11,16,25H,12H2,(H2,21,22,23,26). The van der Waals surface area contributed by atoms with Crippen LogP contribution in [0, 0.1) is 0 Å². The molecule has 0 amide bonds. The number of aliphatic hydroxyl groups is 1. The molecule has 7 nitrogen and oxygen atoms in total. The lowest BCUT2D eigenvalue weighted by Gasteiger charge is -2.17. The van der Waals surface area contributed by atoms with Crippen LogP contribution in [0.25, 0.3) is 16.7 Å². The Morgan fingerprint density at radius 3 is 2.46 bits per heavy atom. The van der Waals surface area contributed by atoms with Crippen LogP contribution in [0.4, 0.5) is 5.95 Å². The highest BCUT2D eigenvalue weighted by Crippen LogP contribution is 2.18. The van der Waals surface area contributed by atoms with E-state index >= 15 is 0 Å². The summed E-state index contributed by atoms with van der Waals surface area (Å²) in [7, 11) is 0. The predicted molar refractivity (Wildman–Crippen MR) is 99.4 cm³/mol. The third-order valence-electron chi connectivity index (χ3n) is 4.13. The highest BCUT2D eigenvalue weighted by Gasteiger charge is 2.15. The summed E-state index contributed by atoms with van der Waals surface area (Å²) in [6.07, 6.45) is 1.50. The Balaban J connectivity index is 1.76. The molecule has 0 aliphatic rings. The van der Waals surface area contributed by atoms with E-state index in [-0.39, 0.29) is 24.2 Å². The van der Waals surface area contributed by atoms with Crippen molar-refractivity contribution in [2.75, 3.05) is 11.9 Å². The van der Waals surface area contributed by atoms with Crippen LogP contribution in [0.15, 0.2) is 71.7 Å². The summed E-state index contributed by atoms with van der Waals surface area (Å²) in [6.45, 7) is -0.135. The van der Waals surface area contributed by atoms with Crippen LogP contribution in [0.1, 0.15) is 11.6 Å². The predicted octanol–water partition coefficient (Wildman–Crippen LogP) is 2.25. The molecule has 0 radical (unpaired) electrons. The van der Waals surface area contributed by atoms with Crippen molar-refractivity contribution in [3.63, 3.8) is 0 Å². The molecular formula is C19H17N5O2. The Hall–Kier alpha value is -3.45. The Labute approximate surface area is 149 Å². The molecule has 2 aromatic heterocycles. The van der Waals surface area contributed by atoms with Gasteiger partial charge in [0.15, 0.2) is 5.65 Å². The molecule has 0 aliphatic carbocycles. The molecule has 4 aromatic rings. The number of nitrogens with zero attached hydrogens (tertiary/aromatic N) is 3. The van der Waals surface area contributed by atoms with Crippen LogP contribution in [0.5, 0.6) is 0 Å². The lowest BCUT2D eigenvalue weighted by Crippen LogP contribution is -2.20. The molecule has 4 rings (SSSR count). The first kappa shape index (κ1) is 16.0. The topological polar surface area (TPSA) is 95.8 Å². The zero-order chi connectivity index (χ0) is 17.9. The van der Waals surface area contributed by atoms with Crippen LogP contribution >= 0.6 is 0 Å². The van der Waals surface area contributed by atoms with Crippen molar-refractivity contribution in [1.82, 2.24) is 19.7 Å². The minimum Gasteiger partial charge on any atom is -0.394 e. The summed E-state index contributed by atoms with van der Waals surface area (Å²) in [5.41, 5.74) is 1.87. The summed E-state index contributed by atoms with van der Waals surface area (Å²) in [6, 6.07) is 18.6. The average Bonchev–Trinajstić information content (AvgIpc) is 3.12. The van der Waals surface area contributed by atoms with Crippen molar-refractivity contribution in [1.29, 1.82) is 0 Å². The van der Waals surface area contributed by atoms with E-state index in [1.807, 2.05) is 60.7 Å². The average molecular weight is 347 g/mol. The fourth-order valence-electron chi connectivity index (χ4n) is 2.83. The van der Waals surface area contributed by atoms with Gasteiger partial charge in [-0.15, -0.1) is 0 Å². The number of benzene rings is 2. The van der Waals surface area contributed by atoms with E-state index in [0.717, 1.165) is 11.3 Å². The normalized spacial score (nSPS) is 12.2. The van der Waals surface area contributed by atoms with Crippen molar-refractivity contribution in [2.45, 2.75) is 6.04 Å². The molecule has 3 N–H and O–H groups in total. The monoisotopic (exact) mass is 347 g/mol. The van der Waals surface area contributed by atoms with Gasteiger partial charge in [0, 0.05) is 0 Å². The fourth-order valence-corrected chi connectivity index (χ4v) is 2.83. The molecule has 2 aromatic carbocycles. The fraction of sp³-hybridized carbons (Fsp3) is 0.105. The Kier molecular flexibility index (Phi) is 4.20. The van der Waals surface area contributed by atoms with Crippen LogP contribution in [-0.4, -0.2) is 31.5 Å². The third-order valence-corrected chi connectivity index (χ3v) is 4.13. The van der Waals surface area contributed by atoms with Crippen LogP contribution in [0.3, 0.4) is 0 Å². The van der Waals surface area contributed by atoms with Gasteiger partial charge in [-0.25, -0.2) is 4.68 Å². The molecule has 0 saturated carbocycles. The second-order valence-corrected chi connectivity index (χ2v) is 5.83. The Bertz CT molecular complexity index is 1070. The number of hydrogen-bond acceptors (Lipinski definition) is 5. The van der Waals surface area contributed by atoms with Gasteiger partial charge in [0.25, 0.3) is 5.56 Å². The van der Waals surface area contributed by atoms with Gasteiger partial charge in [0.1, 0.15) is 5.39 Å². The number of hydrogen-bond donors (Lipinski definition) is 3. The summed E-state index contributed by atoms with van der Waals surface area (Å²) in [4.78, 5) is 19.6. The number of H-pyrrole nitrogens is 1. The number of para-hydroxylation sites is 1. The van der Waals surface area contributed by atoms with Crippen molar-refractivity contribution in [3.8, 4) is 5.69 Å².